The Kier molecular flexibility index (Phi) is 1.66. The number of hydrogen-bond acceptors (Lipinski definition) is 4. The van der Waals surface area contributed by atoms with Gasteiger partial charge in [0.05, 0.1) is 4.33 Å². The van der Waals surface area contributed by atoms with Crippen molar-refractivity contribution in [2.75, 3.05) is 0 Å². The minimum absolute atomic E-state index is 2.32. The summed E-state index contributed by atoms with van der Waals surface area (Å²) in [7, 11) is -4.71. The molecule has 0 heterocycles. The van der Waals surface area contributed by atoms with E-state index in [0.717, 1.165) is 0 Å². The summed E-state index contributed by atoms with van der Waals surface area (Å²) in [6, 6.07) is 0. The highest BCUT2D eigenvalue weighted by Crippen LogP contribution is 1.80. The Bertz CT molecular complexity index is 138. The van der Waals surface area contributed by atoms with Gasteiger partial charge < -0.3 is 0 Å². The quantitative estimate of drug-likeness (QED) is 0.231. The maximum absolute atomic E-state index is 9.24. The average molecular weight is 129 g/mol. The monoisotopic (exact) mass is 129 g/mol. The Morgan fingerprint density at radius 2 is 2.00 bits per heavy atom. The standard InChI is InChI=1S/O6S/c1-5-6-7(2,3)4/p+1. The molecule has 0 fully saturated rings. The van der Waals surface area contributed by atoms with E-state index in [2.05, 4.69) is 9.08 Å². The Morgan fingerprint density at radius 3 is 2.00 bits per heavy atom. The van der Waals surface area contributed by atoms with Gasteiger partial charge in [-0.15, -0.1) is 0 Å². The van der Waals surface area contributed by atoms with E-state index in [0.29, 0.717) is 0 Å². The van der Waals surface area contributed by atoms with Crippen LogP contribution in [0.1, 0.15) is 0 Å². The Balaban J connectivity index is 3.84. The molecule has 0 aromatic rings. The molecule has 0 saturated carbocycles. The normalized spacial score (nSPS) is 10.4. The second kappa shape index (κ2) is 1.85. The van der Waals surface area contributed by atoms with E-state index >= 15 is 0 Å². The van der Waals surface area contributed by atoms with Gasteiger partial charge in [0.25, 0.3) is 4.96 Å². The molecule has 6 nitrogen and oxygen atoms in total. The van der Waals surface area contributed by atoms with Crippen molar-refractivity contribution >= 4 is 10.4 Å². The van der Waals surface area contributed by atoms with Crippen LogP contribution in [0.4, 0.5) is 0 Å². The van der Waals surface area contributed by atoms with Gasteiger partial charge in [0.2, 0.25) is 0 Å². The maximum Gasteiger partial charge on any atom is 0.538 e. The van der Waals surface area contributed by atoms with Crippen LogP contribution in [0.25, 0.3) is 0 Å². The van der Waals surface area contributed by atoms with Crippen molar-refractivity contribution in [1.82, 2.24) is 0 Å². The van der Waals surface area contributed by atoms with Crippen LogP contribution in [0.2, 0.25) is 0 Å². The zero-order valence-corrected chi connectivity index (χ0v) is 3.71. The van der Waals surface area contributed by atoms with Gasteiger partial charge in [-0.3, -0.25) is 0 Å². The van der Waals surface area contributed by atoms with E-state index < -0.39 is 10.4 Å². The van der Waals surface area contributed by atoms with Crippen LogP contribution in [-0.2, 0) is 14.7 Å². The zero-order chi connectivity index (χ0) is 5.91. The van der Waals surface area contributed by atoms with Gasteiger partial charge in [0, 0.05) is 0 Å². The van der Waals surface area contributed by atoms with Crippen LogP contribution >= 0.6 is 0 Å². The van der Waals surface area contributed by atoms with E-state index in [-0.39, 0.29) is 0 Å². The maximum atomic E-state index is 9.24. The summed E-state index contributed by atoms with van der Waals surface area (Å²) in [5, 5.41) is 0. The first-order valence-electron chi connectivity index (χ1n) is 1.02. The van der Waals surface area contributed by atoms with E-state index in [1.54, 1.807) is 0 Å². The molecule has 7 heteroatoms. The van der Waals surface area contributed by atoms with Crippen LogP contribution in [-0.4, -0.2) is 13.0 Å². The minimum atomic E-state index is -4.71. The van der Waals surface area contributed by atoms with Crippen LogP contribution in [0, 0.1) is 9.71 Å². The lowest BCUT2D eigenvalue weighted by molar-refractivity contribution is 0.350. The number of hydrogen-bond donors (Lipinski definition) is 1. The molecule has 1 N–H and O–H groups in total. The molecule has 0 spiro atoms. The third-order valence-corrected chi connectivity index (χ3v) is 0.341. The number of rotatable bonds is 2. The molecular weight excluding hydrogens is 128 g/mol. The molecule has 0 rings (SSSR count). The summed E-state index contributed by atoms with van der Waals surface area (Å²) in [6.45, 7) is 0. The van der Waals surface area contributed by atoms with Crippen LogP contribution in [0.5, 0.6) is 0 Å². The van der Waals surface area contributed by atoms with Crippen molar-refractivity contribution < 1.29 is 17.3 Å². The first kappa shape index (κ1) is 6.31. The van der Waals surface area contributed by atoms with E-state index in [1.807, 2.05) is 0 Å². The molecule has 0 aromatic heterocycles. The van der Waals surface area contributed by atoms with Gasteiger partial charge >= 0.3 is 15.1 Å². The Morgan fingerprint density at radius 1 is 1.57 bits per heavy atom. The predicted octanol–water partition coefficient (Wildman–Crippen LogP) is -0.663. The first-order chi connectivity index (χ1) is 3.06. The van der Waals surface area contributed by atoms with Crippen LogP contribution in [0.15, 0.2) is 0 Å². The van der Waals surface area contributed by atoms with Crippen molar-refractivity contribution in [2.45, 2.75) is 0 Å². The molecule has 0 aliphatic carbocycles. The molecule has 0 amide bonds. The highest BCUT2D eigenvalue weighted by Gasteiger charge is 2.14. The lowest BCUT2D eigenvalue weighted by Gasteiger charge is -1.66. The van der Waals surface area contributed by atoms with Gasteiger partial charge in [0.1, 0.15) is 0 Å². The van der Waals surface area contributed by atoms with Gasteiger partial charge in [-0.05, 0) is 0 Å². The first-order valence-corrected chi connectivity index (χ1v) is 2.38. The molecule has 0 saturated heterocycles. The van der Waals surface area contributed by atoms with Crippen molar-refractivity contribution in [3.8, 4) is 0 Å². The topological polar surface area (TPSA) is 92.0 Å². The molecule has 0 bridgehead atoms. The second-order valence-electron chi connectivity index (χ2n) is 0.564. The van der Waals surface area contributed by atoms with Crippen LogP contribution in [0.3, 0.4) is 0 Å². The SMILES string of the molecule is O=[O+]OS(=O)(=O)O. The summed E-state index contributed by atoms with van der Waals surface area (Å²) < 4.78 is 30.9. The molecule has 0 radical (unpaired) electrons. The van der Waals surface area contributed by atoms with Gasteiger partial charge in [0.15, 0.2) is 0 Å². The lowest BCUT2D eigenvalue weighted by Crippen LogP contribution is -1.96. The minimum Gasteiger partial charge on any atom is -0.248 e. The van der Waals surface area contributed by atoms with Crippen molar-refractivity contribution in [3.05, 3.63) is 9.71 Å². The largest absolute Gasteiger partial charge is 0.538 e. The Hall–Kier alpha value is -0.690. The molecule has 0 atom stereocenters. The van der Waals surface area contributed by atoms with Gasteiger partial charge in [-0.2, -0.15) is 8.42 Å². The van der Waals surface area contributed by atoms with E-state index in [4.69, 9.17) is 9.52 Å². The summed E-state index contributed by atoms with van der Waals surface area (Å²) in [6.07, 6.45) is 0. The predicted molar refractivity (Wildman–Crippen MR) is 19.4 cm³/mol. The van der Waals surface area contributed by atoms with E-state index in [9.17, 15) is 8.42 Å². The smallest absolute Gasteiger partial charge is 0.248 e. The third kappa shape index (κ3) is 5.31. The molecule has 0 aliphatic heterocycles. The highest BCUT2D eigenvalue weighted by atomic mass is 32.3. The van der Waals surface area contributed by atoms with Crippen molar-refractivity contribution in [1.29, 1.82) is 0 Å². The van der Waals surface area contributed by atoms with E-state index in [1.165, 1.54) is 0 Å². The fourth-order valence-electron chi connectivity index (χ4n) is 0.0351. The van der Waals surface area contributed by atoms with Crippen molar-refractivity contribution in [3.63, 3.8) is 0 Å². The van der Waals surface area contributed by atoms with Gasteiger partial charge in [-0.1, -0.05) is 0 Å². The lowest BCUT2D eigenvalue weighted by atomic mass is 14.8. The summed E-state index contributed by atoms with van der Waals surface area (Å²) >= 11 is 0. The molecular formula is HO6S+. The fourth-order valence-corrected chi connectivity index (χ4v) is 0.105. The molecule has 0 unspecified atom stereocenters. The fraction of sp³-hybridized carbons (Fsp3) is 0. The van der Waals surface area contributed by atoms with Gasteiger partial charge in [-0.25, -0.2) is 4.55 Å². The van der Waals surface area contributed by atoms with Crippen molar-refractivity contribution in [2.24, 2.45) is 0 Å². The summed E-state index contributed by atoms with van der Waals surface area (Å²) in [4.78, 5) is 8.68. The highest BCUT2D eigenvalue weighted by molar-refractivity contribution is 7.80. The molecule has 7 heavy (non-hydrogen) atoms. The average Bonchev–Trinajstić information content (AvgIpc) is 1.30. The zero-order valence-electron chi connectivity index (χ0n) is 2.90. The third-order valence-electron chi connectivity index (χ3n) is 0.114. The summed E-state index contributed by atoms with van der Waals surface area (Å²) in [5.41, 5.74) is 0. The second-order valence-corrected chi connectivity index (χ2v) is 1.56. The molecule has 42 valence electrons. The summed E-state index contributed by atoms with van der Waals surface area (Å²) in [5.74, 6) is 0. The molecule has 0 aromatic carbocycles. The molecule has 0 aliphatic rings. The van der Waals surface area contributed by atoms with Crippen LogP contribution < -0.4 is 0 Å². The Labute approximate surface area is 38.5 Å².